The molecule has 2 aliphatic carbocycles. The number of unbranched alkanes of at least 4 members (excludes halogenated alkanes) is 39. The molecule has 0 aromatic heterocycles. The third-order valence-corrected chi connectivity index (χ3v) is 32.0. The van der Waals surface area contributed by atoms with Crippen LogP contribution < -0.4 is 0 Å². The van der Waals surface area contributed by atoms with E-state index >= 15 is 0 Å². The quantitative estimate of drug-likeness (QED) is 0.0243. The second-order valence-electron chi connectivity index (χ2n) is 48.1. The lowest BCUT2D eigenvalue weighted by Gasteiger charge is -2.40. The number of likely N-dealkylation sites (N-methyl/N-ethyl adjacent to an activating group) is 3. The van der Waals surface area contributed by atoms with E-state index in [4.69, 9.17) is 28.4 Å². The minimum Gasteiger partial charge on any atom is -0.462 e. The van der Waals surface area contributed by atoms with Gasteiger partial charge in [0.2, 0.25) is 0 Å². The number of rotatable bonds is 101. The summed E-state index contributed by atoms with van der Waals surface area (Å²) in [5, 5.41) is 0. The maximum Gasteiger partial charge on any atom is 0.306 e. The van der Waals surface area contributed by atoms with Crippen LogP contribution in [-0.4, -0.2) is 224 Å². The van der Waals surface area contributed by atoms with Gasteiger partial charge >= 0.3 is 35.8 Å². The molecule has 2 rings (SSSR count). The van der Waals surface area contributed by atoms with Crippen molar-refractivity contribution < 1.29 is 57.2 Å². The highest BCUT2D eigenvalue weighted by molar-refractivity contribution is 5.71. The smallest absolute Gasteiger partial charge is 0.306 e. The normalized spacial score (nSPS) is 16.6. The minimum absolute atomic E-state index is 0.00249. The van der Waals surface area contributed by atoms with Gasteiger partial charge < -0.3 is 57.8 Å². The van der Waals surface area contributed by atoms with Crippen LogP contribution in [0.1, 0.15) is 551 Å². The van der Waals surface area contributed by atoms with Gasteiger partial charge in [0.15, 0.2) is 0 Å². The third kappa shape index (κ3) is 81.8. The van der Waals surface area contributed by atoms with E-state index in [0.717, 1.165) is 302 Å². The molecule has 0 aliphatic heterocycles. The minimum atomic E-state index is -0.0816. The standard InChI is InChI=1S/C126H240N6O12/c1-18-22-25-26-27-28-35-54-70-107-139-119(133)79-58-44-36-50-66-97-131(105-102-128(14)15)98-67-51-37-45-59-80-120(134)140-108-71-55-40-41-57-75-112(73-21-4)111(6)74-72-78-115(76-24-20-3)141-121(135)81-62-46-38-52-68-99-132(106-103-129(16)17)100-69-53-39-47-63-82-122(136)142-116(77-56-23-19-2)90-85-110(5)109-126(10,11)114-88-93-118(94-89-114)144-124(138)84-61-43-32-30-34-49-65-96-130(104-101-127(12)13)95-64-48-33-29-31-42-60-83-123(137)143-117-91-86-113(87-92-117)125(7,8)9/h54-55,70-71,110-118H,18-53,56-69,72-109H2,1-17H3/b70-54+,71-55+. The fourth-order valence-corrected chi connectivity index (χ4v) is 22.2. The molecule has 0 aromatic carbocycles. The predicted octanol–water partition coefficient (Wildman–Crippen LogP) is 32.6. The fourth-order valence-electron chi connectivity index (χ4n) is 22.2. The summed E-state index contributed by atoms with van der Waals surface area (Å²) in [6, 6.07) is 0. The van der Waals surface area contributed by atoms with E-state index in [0.29, 0.717) is 74.9 Å². The number of nitrogens with zero attached hydrogens (tertiary/aromatic N) is 6. The van der Waals surface area contributed by atoms with E-state index in [1.165, 1.54) is 225 Å². The van der Waals surface area contributed by atoms with Crippen LogP contribution in [0.3, 0.4) is 0 Å². The van der Waals surface area contributed by atoms with Crippen LogP contribution >= 0.6 is 0 Å². The zero-order valence-electron chi connectivity index (χ0n) is 98.3. The molecule has 2 saturated carbocycles. The average molecular weight is 2030 g/mol. The largest absolute Gasteiger partial charge is 0.462 e. The molecule has 144 heavy (non-hydrogen) atoms. The van der Waals surface area contributed by atoms with Crippen molar-refractivity contribution in [1.29, 1.82) is 0 Å². The summed E-state index contributed by atoms with van der Waals surface area (Å²) in [7, 11) is 13.0. The Morgan fingerprint density at radius 1 is 0.278 bits per heavy atom. The van der Waals surface area contributed by atoms with Gasteiger partial charge in [0.1, 0.15) is 37.6 Å². The van der Waals surface area contributed by atoms with Gasteiger partial charge in [-0.25, -0.2) is 0 Å². The molecule has 0 N–H and O–H groups in total. The Morgan fingerprint density at radius 3 is 0.951 bits per heavy atom. The second-order valence-corrected chi connectivity index (χ2v) is 48.1. The van der Waals surface area contributed by atoms with Crippen molar-refractivity contribution in [1.82, 2.24) is 29.4 Å². The average Bonchev–Trinajstić information content (AvgIpc) is 0.812. The first kappa shape index (κ1) is 136. The Kier molecular flexibility index (Phi) is 87.7. The fraction of sp³-hybridized carbons (Fsp3) is 0.921. The molecular weight excluding hydrogens is 1790 g/mol. The van der Waals surface area contributed by atoms with E-state index in [1.54, 1.807) is 0 Å². The van der Waals surface area contributed by atoms with Crippen molar-refractivity contribution >= 4 is 35.8 Å². The summed E-state index contributed by atoms with van der Waals surface area (Å²) in [6.45, 7) is 40.1. The van der Waals surface area contributed by atoms with E-state index in [1.807, 2.05) is 12.2 Å². The molecule has 846 valence electrons. The maximum atomic E-state index is 13.4. The van der Waals surface area contributed by atoms with Gasteiger partial charge in [0.05, 0.1) is 0 Å². The highest BCUT2D eigenvalue weighted by atomic mass is 16.6. The molecule has 0 heterocycles. The van der Waals surface area contributed by atoms with Crippen LogP contribution in [-0.2, 0) is 57.2 Å². The van der Waals surface area contributed by atoms with E-state index in [-0.39, 0.29) is 65.6 Å². The lowest BCUT2D eigenvalue weighted by molar-refractivity contribution is -0.152. The Balaban J connectivity index is 1.56. The molecule has 18 heteroatoms. The molecule has 0 aromatic rings. The van der Waals surface area contributed by atoms with Crippen LogP contribution in [0.2, 0.25) is 0 Å². The summed E-state index contributed by atoms with van der Waals surface area (Å²) >= 11 is 0. The van der Waals surface area contributed by atoms with Crippen molar-refractivity contribution in [2.45, 2.75) is 576 Å². The van der Waals surface area contributed by atoms with Gasteiger partial charge in [-0.2, -0.15) is 0 Å². The molecule has 5 atom stereocenters. The summed E-state index contributed by atoms with van der Waals surface area (Å²) in [6.07, 6.45) is 89.3. The van der Waals surface area contributed by atoms with Crippen LogP contribution in [0.15, 0.2) is 24.3 Å². The third-order valence-electron chi connectivity index (χ3n) is 32.0. The van der Waals surface area contributed by atoms with Gasteiger partial charge in [0, 0.05) is 77.8 Å². The Morgan fingerprint density at radius 2 is 0.583 bits per heavy atom. The first-order chi connectivity index (χ1) is 69.5. The highest BCUT2D eigenvalue weighted by Crippen LogP contribution is 2.45. The molecule has 18 nitrogen and oxygen atoms in total. The second kappa shape index (κ2) is 92.7. The lowest BCUT2D eigenvalue weighted by Crippen LogP contribution is -2.33. The van der Waals surface area contributed by atoms with Crippen molar-refractivity contribution in [3.8, 4) is 0 Å². The predicted molar refractivity (Wildman–Crippen MR) is 611 cm³/mol. The lowest BCUT2D eigenvalue weighted by atomic mass is 9.66. The van der Waals surface area contributed by atoms with Crippen molar-refractivity contribution in [2.75, 3.05) is 134 Å². The number of hydrogen-bond acceptors (Lipinski definition) is 18. The molecule has 2 fully saturated rings. The number of hydrogen-bond donors (Lipinski definition) is 0. The van der Waals surface area contributed by atoms with Gasteiger partial charge in [-0.3, -0.25) is 28.8 Å². The first-order valence-electron chi connectivity index (χ1n) is 62.1. The van der Waals surface area contributed by atoms with Gasteiger partial charge in [-0.1, -0.05) is 332 Å². The van der Waals surface area contributed by atoms with Crippen molar-refractivity contribution in [2.24, 2.45) is 40.4 Å². The monoisotopic (exact) mass is 2030 g/mol. The summed E-state index contributed by atoms with van der Waals surface area (Å²) in [5.74, 6) is 3.14. The highest BCUT2D eigenvalue weighted by Gasteiger charge is 2.36. The van der Waals surface area contributed by atoms with Gasteiger partial charge in [-0.15, -0.1) is 0 Å². The maximum absolute atomic E-state index is 13.4. The number of esters is 6. The Bertz CT molecular complexity index is 3030. The van der Waals surface area contributed by atoms with Crippen molar-refractivity contribution in [3.05, 3.63) is 24.3 Å². The SMILES string of the molecule is CCCCCCCC/C=C/COC(=O)CCCCCCCN(CCCCCCCC(=O)OC/C=C/CCCCC(CCC)C(C)CCCC(CCCC)OC(=O)CCCCCCCN(CCCCCCCC(=O)OC(CCCCC)CCC(C)CC(C)(C)C1CCC(OC(=O)CCCCCCCCCN(CCCCCCCCCC(=O)OC2CCC(C(C)(C)C)CC2)CCN(C)C)CC1)CCN(C)C)CCN(C)C. The first-order valence-corrected chi connectivity index (χ1v) is 62.1. The van der Waals surface area contributed by atoms with Gasteiger partial charge in [-0.05, 0) is 327 Å². The van der Waals surface area contributed by atoms with Crippen LogP contribution in [0.25, 0.3) is 0 Å². The number of allylic oxidation sites excluding steroid dienone is 2. The van der Waals surface area contributed by atoms with Crippen LogP contribution in [0.5, 0.6) is 0 Å². The number of carbonyl (C=O) groups is 6. The molecule has 0 amide bonds. The van der Waals surface area contributed by atoms with Crippen LogP contribution in [0, 0.1) is 40.4 Å². The number of carbonyl (C=O) groups excluding carboxylic acids is 6. The zero-order chi connectivity index (χ0) is 105. The Hall–Kier alpha value is -3.94. The zero-order valence-corrected chi connectivity index (χ0v) is 98.3. The molecule has 0 bridgehead atoms. The summed E-state index contributed by atoms with van der Waals surface area (Å²) in [5.41, 5.74) is 0.557. The van der Waals surface area contributed by atoms with Crippen LogP contribution in [0.4, 0.5) is 0 Å². The van der Waals surface area contributed by atoms with E-state index in [2.05, 4.69) is 160 Å². The number of ether oxygens (including phenoxy) is 6. The Labute approximate surface area is 891 Å². The summed E-state index contributed by atoms with van der Waals surface area (Å²) in [4.78, 5) is 91.9. The van der Waals surface area contributed by atoms with E-state index in [9.17, 15) is 28.8 Å². The van der Waals surface area contributed by atoms with E-state index < -0.39 is 0 Å². The molecule has 0 saturated heterocycles. The van der Waals surface area contributed by atoms with Gasteiger partial charge in [0.25, 0.3) is 0 Å². The van der Waals surface area contributed by atoms with Crippen molar-refractivity contribution in [3.63, 3.8) is 0 Å². The topological polar surface area (TPSA) is 177 Å². The molecular formula is C126H240N6O12. The molecule has 2 aliphatic rings. The molecule has 5 unspecified atom stereocenters. The molecule has 0 radical (unpaired) electrons. The molecule has 0 spiro atoms. The summed E-state index contributed by atoms with van der Waals surface area (Å²) < 4.78 is 35.5.